The van der Waals surface area contributed by atoms with E-state index in [0.29, 0.717) is 24.1 Å². The molecule has 6 N–H and O–H groups in total. The molecule has 36 heavy (non-hydrogen) atoms. The second-order valence-corrected chi connectivity index (χ2v) is 6.86. The van der Waals surface area contributed by atoms with E-state index in [2.05, 4.69) is 4.74 Å². The van der Waals surface area contributed by atoms with Crippen LogP contribution in [0.25, 0.3) is 0 Å². The highest BCUT2D eigenvalue weighted by molar-refractivity contribution is 5.70. The molecule has 0 unspecified atom stereocenters. The van der Waals surface area contributed by atoms with Crippen molar-refractivity contribution >= 4 is 24.5 Å². The lowest BCUT2D eigenvalue weighted by Crippen LogP contribution is -2.34. The molecule has 0 spiro atoms. The van der Waals surface area contributed by atoms with Crippen molar-refractivity contribution in [2.45, 2.75) is 51.5 Å². The molecule has 0 aliphatic carbocycles. The molecule has 3 rings (SSSR count). The number of hydrogen-bond acceptors (Lipinski definition) is 13. The predicted octanol–water partition coefficient (Wildman–Crippen LogP) is -0.709. The van der Waals surface area contributed by atoms with Crippen molar-refractivity contribution in [2.24, 2.45) is 0 Å². The van der Waals surface area contributed by atoms with Gasteiger partial charge in [0.05, 0.1) is 13.2 Å². The van der Waals surface area contributed by atoms with Crippen LogP contribution in [0.5, 0.6) is 0 Å². The van der Waals surface area contributed by atoms with Gasteiger partial charge in [0.15, 0.2) is 24.1 Å². The summed E-state index contributed by atoms with van der Waals surface area (Å²) in [4.78, 5) is 39.5. The molecule has 1 aliphatic rings. The Bertz CT molecular complexity index is 895. The summed E-state index contributed by atoms with van der Waals surface area (Å²) in [6, 6.07) is 6.18. The Kier molecular flexibility index (Phi) is 16.3. The number of rotatable bonds is 7. The number of aliphatic hydroxyl groups excluding tert-OH is 5. The number of carboxylic acids is 1. The number of hydrogen-bond donors (Lipinski definition) is 6. The van der Waals surface area contributed by atoms with E-state index in [9.17, 15) is 14.4 Å². The zero-order valence-corrected chi connectivity index (χ0v) is 19.6. The minimum atomic E-state index is -1.10. The van der Waals surface area contributed by atoms with Crippen molar-refractivity contribution in [3.8, 4) is 0 Å². The predicted molar refractivity (Wildman–Crippen MR) is 118 cm³/mol. The molecule has 0 radical (unpaired) electrons. The maximum atomic E-state index is 10.4. The first kappa shape index (κ1) is 32.6. The molecule has 1 fully saturated rings. The average molecular weight is 518 g/mol. The monoisotopic (exact) mass is 518 g/mol. The lowest BCUT2D eigenvalue weighted by Gasteiger charge is -2.10. The van der Waals surface area contributed by atoms with Crippen LogP contribution < -0.4 is 0 Å². The van der Waals surface area contributed by atoms with Gasteiger partial charge in [-0.05, 0) is 24.3 Å². The molecule has 3 heterocycles. The number of aliphatic hydroxyl groups is 5. The third-order valence-corrected chi connectivity index (χ3v) is 3.99. The largest absolute Gasteiger partial charge is 0.481 e. The van der Waals surface area contributed by atoms with Crippen molar-refractivity contribution in [3.05, 3.63) is 47.3 Å². The summed E-state index contributed by atoms with van der Waals surface area (Å²) >= 11 is 0. The highest BCUT2D eigenvalue weighted by Gasteiger charge is 2.41. The molecule has 0 saturated carbocycles. The van der Waals surface area contributed by atoms with Crippen LogP contribution >= 0.6 is 0 Å². The minimum absolute atomic E-state index is 0.0726. The van der Waals surface area contributed by atoms with Crippen LogP contribution in [0.15, 0.2) is 33.1 Å². The van der Waals surface area contributed by atoms with Gasteiger partial charge in [-0.25, -0.2) is 0 Å². The summed E-state index contributed by atoms with van der Waals surface area (Å²) in [5, 5.41) is 51.3. The summed E-state index contributed by atoms with van der Waals surface area (Å²) in [7, 11) is 0. The highest BCUT2D eigenvalue weighted by atomic mass is 16.6. The number of esters is 1. The highest BCUT2D eigenvalue weighted by Crippen LogP contribution is 2.20. The normalized spacial score (nSPS) is 19.9. The van der Waals surface area contributed by atoms with E-state index >= 15 is 0 Å². The first-order valence-electron chi connectivity index (χ1n) is 10.3. The summed E-state index contributed by atoms with van der Waals surface area (Å²) < 4.78 is 19.2. The van der Waals surface area contributed by atoms with E-state index in [-0.39, 0.29) is 43.9 Å². The molecule has 0 amide bonds. The third kappa shape index (κ3) is 12.9. The molecule has 1 aliphatic heterocycles. The van der Waals surface area contributed by atoms with Crippen LogP contribution in [0.4, 0.5) is 0 Å². The Hall–Kier alpha value is -3.40. The van der Waals surface area contributed by atoms with Crippen LogP contribution in [0.2, 0.25) is 0 Å². The molecule has 0 bridgehead atoms. The van der Waals surface area contributed by atoms with Gasteiger partial charge in [-0.3, -0.25) is 19.2 Å². The second-order valence-electron chi connectivity index (χ2n) is 6.86. The quantitative estimate of drug-likeness (QED) is 0.196. The van der Waals surface area contributed by atoms with Crippen LogP contribution in [0.3, 0.4) is 0 Å². The second kappa shape index (κ2) is 18.0. The van der Waals surface area contributed by atoms with Crippen molar-refractivity contribution in [2.75, 3.05) is 13.2 Å². The summed E-state index contributed by atoms with van der Waals surface area (Å²) in [6.45, 7) is 1.60. The SMILES string of the molecule is CC(=O)O.CC(=O)OCc1ccc(C=O)o1.O=Cc1ccc(CO)o1.OC[C@@H]1O[C@H](CO)[C@H](O)[C@@H]1O. The number of aliphatic carboxylic acids is 1. The summed E-state index contributed by atoms with van der Waals surface area (Å²) in [5.74, 6) is 0.152. The standard InChI is InChI=1S/C8H8O4.C6H12O5.C6H6O3.C2H4O2/c1-6(10)11-5-8-3-2-7(4-9)12-8;7-1-3-5(9)6(10)4(2-8)11-3;7-3-5-1-2-6(4-8)9-5;1-2(3)4/h2-4H,5H2,1H3;3-10H,1-2H2;1-3,8H,4H2;1H3,(H,3,4)/t;3-,4+,5+,6-;;. The maximum absolute atomic E-state index is 10.4. The zero-order chi connectivity index (χ0) is 27.7. The van der Waals surface area contributed by atoms with Gasteiger partial charge in [0.2, 0.25) is 0 Å². The van der Waals surface area contributed by atoms with Gasteiger partial charge in [-0.15, -0.1) is 0 Å². The van der Waals surface area contributed by atoms with Gasteiger partial charge in [0.1, 0.15) is 49.2 Å². The third-order valence-electron chi connectivity index (χ3n) is 3.99. The first-order chi connectivity index (χ1) is 17.0. The van der Waals surface area contributed by atoms with Crippen LogP contribution in [0.1, 0.15) is 46.5 Å². The van der Waals surface area contributed by atoms with E-state index in [0.717, 1.165) is 6.92 Å². The summed E-state index contributed by atoms with van der Waals surface area (Å²) in [5.41, 5.74) is 0. The van der Waals surface area contributed by atoms with Gasteiger partial charge in [-0.1, -0.05) is 0 Å². The lowest BCUT2D eigenvalue weighted by molar-refractivity contribution is -0.142. The van der Waals surface area contributed by atoms with Crippen LogP contribution in [-0.2, 0) is 32.3 Å². The molecule has 2 aromatic heterocycles. The number of ether oxygens (including phenoxy) is 2. The number of carboxylic acid groups (broad SMARTS) is 1. The van der Waals surface area contributed by atoms with Gasteiger partial charge in [0, 0.05) is 13.8 Å². The molecule has 202 valence electrons. The smallest absolute Gasteiger partial charge is 0.303 e. The van der Waals surface area contributed by atoms with Crippen molar-refractivity contribution in [1.82, 2.24) is 0 Å². The number of furan rings is 2. The van der Waals surface area contributed by atoms with Gasteiger partial charge >= 0.3 is 5.97 Å². The molecular formula is C22H30O14. The van der Waals surface area contributed by atoms with E-state index < -0.39 is 30.4 Å². The molecule has 14 heteroatoms. The summed E-state index contributed by atoms with van der Waals surface area (Å²) in [6.07, 6.45) is -2.56. The fourth-order valence-electron chi connectivity index (χ4n) is 2.38. The molecule has 14 nitrogen and oxygen atoms in total. The number of carbonyl (C=O) groups is 4. The van der Waals surface area contributed by atoms with Crippen molar-refractivity contribution in [3.63, 3.8) is 0 Å². The minimum Gasteiger partial charge on any atom is -0.481 e. The Morgan fingerprint density at radius 2 is 1.28 bits per heavy atom. The molecule has 4 atom stereocenters. The topological polar surface area (TPSA) is 234 Å². The Morgan fingerprint density at radius 3 is 1.56 bits per heavy atom. The molecular weight excluding hydrogens is 488 g/mol. The maximum Gasteiger partial charge on any atom is 0.303 e. The first-order valence-corrected chi connectivity index (χ1v) is 10.3. The van der Waals surface area contributed by atoms with Crippen LogP contribution in [0, 0.1) is 0 Å². The molecule has 2 aromatic rings. The van der Waals surface area contributed by atoms with E-state index in [1.807, 2.05) is 0 Å². The average Bonchev–Trinajstić information content (AvgIpc) is 3.57. The zero-order valence-electron chi connectivity index (χ0n) is 19.6. The Balaban J connectivity index is 0.000000478. The molecule has 1 saturated heterocycles. The number of carbonyl (C=O) groups excluding carboxylic acids is 3. The fraction of sp³-hybridized carbons (Fsp3) is 0.455. The number of aldehydes is 2. The fourth-order valence-corrected chi connectivity index (χ4v) is 2.38. The van der Waals surface area contributed by atoms with E-state index in [4.69, 9.17) is 49.0 Å². The van der Waals surface area contributed by atoms with Gasteiger partial charge < -0.3 is 48.9 Å². The van der Waals surface area contributed by atoms with Gasteiger partial charge in [0.25, 0.3) is 5.97 Å². The van der Waals surface area contributed by atoms with E-state index in [1.165, 1.54) is 19.1 Å². The Labute approximate surface area is 205 Å². The van der Waals surface area contributed by atoms with Crippen molar-refractivity contribution < 1.29 is 68.1 Å². The Morgan fingerprint density at radius 1 is 0.861 bits per heavy atom. The van der Waals surface area contributed by atoms with E-state index in [1.54, 1.807) is 12.1 Å². The molecule has 0 aromatic carbocycles. The lowest BCUT2D eigenvalue weighted by atomic mass is 10.1. The van der Waals surface area contributed by atoms with Gasteiger partial charge in [-0.2, -0.15) is 0 Å². The van der Waals surface area contributed by atoms with Crippen LogP contribution in [-0.4, -0.2) is 92.8 Å². The van der Waals surface area contributed by atoms with Crippen molar-refractivity contribution in [1.29, 1.82) is 0 Å².